The fraction of sp³-hybridized carbons (Fsp3) is 0.615. The molecule has 2 aliphatic carbocycles. The molecule has 2 bridgehead atoms. The molecule has 2 heterocycles. The number of piperidine rings is 1. The van der Waals surface area contributed by atoms with E-state index in [0.717, 1.165) is 64.0 Å². The molecule has 1 aromatic rings. The second-order valence-electron chi connectivity index (χ2n) is 10.0. The molecular weight excluding hydrogens is 437 g/mol. The van der Waals surface area contributed by atoms with Crippen LogP contribution in [-0.4, -0.2) is 80.3 Å². The van der Waals surface area contributed by atoms with Gasteiger partial charge in [0, 0.05) is 30.7 Å². The van der Waals surface area contributed by atoms with Crippen molar-refractivity contribution in [3.05, 3.63) is 40.3 Å². The van der Waals surface area contributed by atoms with Crippen molar-refractivity contribution in [2.24, 2.45) is 5.92 Å². The Bertz CT molecular complexity index is 989. The Balaban J connectivity index is 1.35. The summed E-state index contributed by atoms with van der Waals surface area (Å²) in [6, 6.07) is 4.22. The molecular formula is C26H34FN3O4. The molecule has 1 amide bonds. The Morgan fingerprint density at radius 3 is 2.68 bits per heavy atom. The van der Waals surface area contributed by atoms with Crippen LogP contribution in [0.15, 0.2) is 17.8 Å². The van der Waals surface area contributed by atoms with Crippen LogP contribution in [0.2, 0.25) is 0 Å². The van der Waals surface area contributed by atoms with Gasteiger partial charge in [0.1, 0.15) is 11.5 Å². The maximum Gasteiger partial charge on any atom is 0.354 e. The van der Waals surface area contributed by atoms with E-state index < -0.39 is 5.97 Å². The van der Waals surface area contributed by atoms with Crippen molar-refractivity contribution in [3.8, 4) is 0 Å². The minimum absolute atomic E-state index is 0.0236. The van der Waals surface area contributed by atoms with Gasteiger partial charge in [-0.3, -0.25) is 14.6 Å². The molecule has 0 radical (unpaired) electrons. The molecule has 3 fully saturated rings. The van der Waals surface area contributed by atoms with Crippen molar-refractivity contribution in [3.63, 3.8) is 0 Å². The number of fused-ring (bicyclic) bond motifs is 3. The lowest BCUT2D eigenvalue weighted by Gasteiger charge is -2.37. The first kappa shape index (κ1) is 23.5. The van der Waals surface area contributed by atoms with Gasteiger partial charge in [-0.1, -0.05) is 12.1 Å². The molecule has 34 heavy (non-hydrogen) atoms. The van der Waals surface area contributed by atoms with Crippen molar-refractivity contribution in [2.45, 2.75) is 56.7 Å². The number of hydrogen-bond donors (Lipinski definition) is 1. The van der Waals surface area contributed by atoms with Gasteiger partial charge < -0.3 is 14.8 Å². The highest BCUT2D eigenvalue weighted by Gasteiger charge is 2.47. The Morgan fingerprint density at radius 1 is 1.18 bits per heavy atom. The van der Waals surface area contributed by atoms with E-state index in [1.165, 1.54) is 13.2 Å². The van der Waals surface area contributed by atoms with Gasteiger partial charge in [0.25, 0.3) is 0 Å². The molecule has 2 aliphatic heterocycles. The molecule has 1 aromatic carbocycles. The highest BCUT2D eigenvalue weighted by atomic mass is 19.1. The summed E-state index contributed by atoms with van der Waals surface area (Å²) in [4.78, 5) is 30.1. The van der Waals surface area contributed by atoms with Crippen LogP contribution in [0, 0.1) is 11.7 Å². The lowest BCUT2D eigenvalue weighted by molar-refractivity contribution is -0.138. The molecule has 7 nitrogen and oxygen atoms in total. The normalized spacial score (nSPS) is 29.7. The molecule has 0 aromatic heterocycles. The fourth-order valence-corrected chi connectivity index (χ4v) is 6.40. The SMILES string of the molecule is COC(=O)/C(=C\c1ccc2c(c1F)CCC(N1CCOCC1)C2)NC(=O)[C@@H]1[C@H]2CC[C@H](C2)N1C. The molecule has 1 unspecified atom stereocenters. The van der Waals surface area contributed by atoms with E-state index in [9.17, 15) is 9.59 Å². The predicted molar refractivity (Wildman–Crippen MR) is 125 cm³/mol. The average Bonchev–Trinajstić information content (AvgIpc) is 3.46. The molecule has 5 rings (SSSR count). The Hall–Kier alpha value is -2.29. The maximum atomic E-state index is 15.5. The number of rotatable bonds is 5. The number of morpholine rings is 1. The second-order valence-corrected chi connectivity index (χ2v) is 10.0. The minimum atomic E-state index is -0.677. The standard InChI is InChI=1S/C26H34FN3O4/c1-29-19-6-5-18(14-19)24(29)25(31)28-22(26(32)33-2)15-17-4-3-16-13-20(7-8-21(16)23(17)27)30-9-11-34-12-10-30/h3-4,15,18-20,24H,5-14H2,1-2H3,(H,28,31)/b22-15+/t18-,19+,20?,24-/m0/s1. The second kappa shape index (κ2) is 9.76. The number of halogens is 1. The Morgan fingerprint density at radius 2 is 1.97 bits per heavy atom. The van der Waals surface area contributed by atoms with Crippen LogP contribution in [0.5, 0.6) is 0 Å². The van der Waals surface area contributed by atoms with E-state index in [1.807, 2.05) is 13.1 Å². The number of benzene rings is 1. The van der Waals surface area contributed by atoms with Gasteiger partial charge in [-0.2, -0.15) is 0 Å². The summed E-state index contributed by atoms with van der Waals surface area (Å²) in [6.45, 7) is 3.34. The minimum Gasteiger partial charge on any atom is -0.464 e. The lowest BCUT2D eigenvalue weighted by Crippen LogP contribution is -2.48. The summed E-state index contributed by atoms with van der Waals surface area (Å²) in [7, 11) is 3.23. The first-order chi connectivity index (χ1) is 16.5. The number of likely N-dealkylation sites (N-methyl/N-ethyl adjacent to an activating group) is 1. The highest BCUT2D eigenvalue weighted by Crippen LogP contribution is 2.41. The molecule has 1 saturated carbocycles. The van der Waals surface area contributed by atoms with Crippen molar-refractivity contribution < 1.29 is 23.5 Å². The number of esters is 1. The van der Waals surface area contributed by atoms with Gasteiger partial charge in [0.05, 0.1) is 26.4 Å². The lowest BCUT2D eigenvalue weighted by atomic mass is 9.85. The van der Waals surface area contributed by atoms with Gasteiger partial charge in [-0.15, -0.1) is 0 Å². The van der Waals surface area contributed by atoms with Crippen LogP contribution in [0.1, 0.15) is 42.4 Å². The maximum absolute atomic E-state index is 15.5. The molecule has 1 N–H and O–H groups in total. The predicted octanol–water partition coefficient (Wildman–Crippen LogP) is 2.13. The first-order valence-electron chi connectivity index (χ1n) is 12.4. The van der Waals surface area contributed by atoms with Gasteiger partial charge >= 0.3 is 5.97 Å². The number of amides is 1. The molecule has 8 heteroatoms. The van der Waals surface area contributed by atoms with Gasteiger partial charge in [-0.05, 0) is 68.7 Å². The third kappa shape index (κ3) is 4.39. The number of ether oxygens (including phenoxy) is 2. The third-order valence-electron chi connectivity index (χ3n) is 8.25. The Kier molecular flexibility index (Phi) is 6.73. The molecule has 184 valence electrons. The van der Waals surface area contributed by atoms with Crippen LogP contribution in [0.4, 0.5) is 4.39 Å². The van der Waals surface area contributed by atoms with E-state index in [-0.39, 0.29) is 23.5 Å². The van der Waals surface area contributed by atoms with E-state index in [0.29, 0.717) is 35.5 Å². The van der Waals surface area contributed by atoms with Crippen LogP contribution in [0.25, 0.3) is 6.08 Å². The fourth-order valence-electron chi connectivity index (χ4n) is 6.40. The summed E-state index contributed by atoms with van der Waals surface area (Å²) >= 11 is 0. The molecule has 4 atom stereocenters. The smallest absolute Gasteiger partial charge is 0.354 e. The van der Waals surface area contributed by atoms with E-state index >= 15 is 4.39 Å². The van der Waals surface area contributed by atoms with Crippen LogP contribution in [0.3, 0.4) is 0 Å². The number of carbonyl (C=O) groups is 2. The van der Waals surface area contributed by atoms with E-state index in [1.54, 1.807) is 6.07 Å². The third-order valence-corrected chi connectivity index (χ3v) is 8.25. The summed E-state index contributed by atoms with van der Waals surface area (Å²) in [5.41, 5.74) is 2.00. The number of hydrogen-bond acceptors (Lipinski definition) is 6. The van der Waals surface area contributed by atoms with Gasteiger partial charge in [0.15, 0.2) is 0 Å². The van der Waals surface area contributed by atoms with E-state index in [4.69, 9.17) is 9.47 Å². The van der Waals surface area contributed by atoms with Crippen LogP contribution in [-0.2, 0) is 31.9 Å². The monoisotopic (exact) mass is 471 g/mol. The summed E-state index contributed by atoms with van der Waals surface area (Å²) in [5, 5.41) is 2.75. The Labute approximate surface area is 200 Å². The van der Waals surface area contributed by atoms with Crippen LogP contribution < -0.4 is 5.32 Å². The van der Waals surface area contributed by atoms with Crippen molar-refractivity contribution in [2.75, 3.05) is 40.5 Å². The topological polar surface area (TPSA) is 71.1 Å². The molecule has 0 spiro atoms. The number of carbonyl (C=O) groups excluding carboxylic acids is 2. The first-order valence-corrected chi connectivity index (χ1v) is 12.4. The van der Waals surface area contributed by atoms with Crippen molar-refractivity contribution >= 4 is 18.0 Å². The van der Waals surface area contributed by atoms with Gasteiger partial charge in [0.2, 0.25) is 5.91 Å². The number of nitrogens with one attached hydrogen (secondary N) is 1. The summed E-state index contributed by atoms with van der Waals surface area (Å²) in [5.74, 6) is -0.916. The zero-order chi connectivity index (χ0) is 23.8. The van der Waals surface area contributed by atoms with Crippen molar-refractivity contribution in [1.29, 1.82) is 0 Å². The van der Waals surface area contributed by atoms with Crippen molar-refractivity contribution in [1.82, 2.24) is 15.1 Å². The number of likely N-dealkylation sites (tertiary alicyclic amines) is 1. The summed E-state index contributed by atoms with van der Waals surface area (Å²) in [6.07, 6.45) is 6.92. The quantitative estimate of drug-likeness (QED) is 0.524. The largest absolute Gasteiger partial charge is 0.464 e. The number of nitrogens with zero attached hydrogens (tertiary/aromatic N) is 2. The zero-order valence-electron chi connectivity index (χ0n) is 20.0. The molecule has 2 saturated heterocycles. The zero-order valence-corrected chi connectivity index (χ0v) is 20.0. The molecule has 4 aliphatic rings. The van der Waals surface area contributed by atoms with Gasteiger partial charge in [-0.25, -0.2) is 9.18 Å². The number of methoxy groups -OCH3 is 1. The van der Waals surface area contributed by atoms with Crippen LogP contribution >= 0.6 is 0 Å². The van der Waals surface area contributed by atoms with E-state index in [2.05, 4.69) is 15.1 Å². The highest BCUT2D eigenvalue weighted by molar-refractivity contribution is 5.99. The average molecular weight is 472 g/mol. The summed E-state index contributed by atoms with van der Waals surface area (Å²) < 4.78 is 25.9.